The van der Waals surface area contributed by atoms with Crippen LogP contribution in [0.4, 0.5) is 17.6 Å². The first kappa shape index (κ1) is 19.4. The standard InChI is InChI=1S/C21H29N7O/c1-21(2,3)17-10-18(27-29-17)25-20-22-12-16(14-11-23-28(4)13-14)19(26-20)24-15-8-6-5-7-9-15/h10-13,15H,5-9H2,1-4H3,(H2,22,24,25,26,27). The molecular weight excluding hydrogens is 366 g/mol. The highest BCUT2D eigenvalue weighted by molar-refractivity contribution is 5.75. The number of aromatic nitrogens is 5. The maximum absolute atomic E-state index is 5.45. The van der Waals surface area contributed by atoms with Crippen LogP contribution in [0.1, 0.15) is 58.6 Å². The Hall–Kier alpha value is -2.90. The molecule has 8 nitrogen and oxygen atoms in total. The lowest BCUT2D eigenvalue weighted by atomic mass is 9.93. The quantitative estimate of drug-likeness (QED) is 0.649. The first-order valence-corrected chi connectivity index (χ1v) is 10.3. The van der Waals surface area contributed by atoms with Gasteiger partial charge in [0.1, 0.15) is 11.6 Å². The number of hydrogen-bond acceptors (Lipinski definition) is 7. The Kier molecular flexibility index (Phi) is 5.25. The van der Waals surface area contributed by atoms with Crippen molar-refractivity contribution in [3.63, 3.8) is 0 Å². The summed E-state index contributed by atoms with van der Waals surface area (Å²) in [6.45, 7) is 6.26. The highest BCUT2D eigenvalue weighted by Gasteiger charge is 2.21. The van der Waals surface area contributed by atoms with Crippen LogP contribution in [0.15, 0.2) is 29.2 Å². The summed E-state index contributed by atoms with van der Waals surface area (Å²) >= 11 is 0. The lowest BCUT2D eigenvalue weighted by molar-refractivity contribution is 0.331. The highest BCUT2D eigenvalue weighted by atomic mass is 16.5. The second kappa shape index (κ2) is 7.85. The maximum atomic E-state index is 5.45. The van der Waals surface area contributed by atoms with E-state index >= 15 is 0 Å². The summed E-state index contributed by atoms with van der Waals surface area (Å²) in [7, 11) is 1.91. The van der Waals surface area contributed by atoms with Gasteiger partial charge in [-0.15, -0.1) is 0 Å². The minimum atomic E-state index is -0.106. The second-order valence-electron chi connectivity index (χ2n) is 8.79. The Morgan fingerprint density at radius 3 is 2.59 bits per heavy atom. The van der Waals surface area contributed by atoms with Gasteiger partial charge in [-0.05, 0) is 12.8 Å². The van der Waals surface area contributed by atoms with E-state index in [-0.39, 0.29) is 5.41 Å². The molecule has 1 aliphatic carbocycles. The largest absolute Gasteiger partial charge is 0.367 e. The maximum Gasteiger partial charge on any atom is 0.230 e. The molecule has 0 radical (unpaired) electrons. The lowest BCUT2D eigenvalue weighted by Gasteiger charge is -2.24. The Morgan fingerprint density at radius 1 is 1.14 bits per heavy atom. The van der Waals surface area contributed by atoms with Crippen LogP contribution >= 0.6 is 0 Å². The van der Waals surface area contributed by atoms with Gasteiger partial charge in [0.25, 0.3) is 0 Å². The molecule has 3 heterocycles. The monoisotopic (exact) mass is 395 g/mol. The van der Waals surface area contributed by atoms with Crippen molar-refractivity contribution in [2.75, 3.05) is 10.6 Å². The van der Waals surface area contributed by atoms with Crippen molar-refractivity contribution >= 4 is 17.6 Å². The van der Waals surface area contributed by atoms with Gasteiger partial charge in [0.2, 0.25) is 5.95 Å². The summed E-state index contributed by atoms with van der Waals surface area (Å²) in [4.78, 5) is 9.27. The number of rotatable bonds is 5. The van der Waals surface area contributed by atoms with Crippen LogP contribution < -0.4 is 10.6 Å². The summed E-state index contributed by atoms with van der Waals surface area (Å²) in [6.07, 6.45) is 11.8. The summed E-state index contributed by atoms with van der Waals surface area (Å²) in [5.74, 6) is 2.73. The van der Waals surface area contributed by atoms with Gasteiger partial charge in [0, 0.05) is 48.1 Å². The van der Waals surface area contributed by atoms with Gasteiger partial charge >= 0.3 is 0 Å². The van der Waals surface area contributed by atoms with Gasteiger partial charge < -0.3 is 15.2 Å². The van der Waals surface area contributed by atoms with Crippen molar-refractivity contribution < 1.29 is 4.52 Å². The predicted octanol–water partition coefficient (Wildman–Crippen LogP) is 4.65. The number of aryl methyl sites for hydroxylation is 1. The molecular formula is C21H29N7O. The van der Waals surface area contributed by atoms with Crippen LogP contribution in [0.2, 0.25) is 0 Å². The van der Waals surface area contributed by atoms with E-state index in [0.717, 1.165) is 35.5 Å². The topological polar surface area (TPSA) is 93.7 Å². The molecule has 0 aromatic carbocycles. The van der Waals surface area contributed by atoms with Crippen molar-refractivity contribution in [3.8, 4) is 11.1 Å². The van der Waals surface area contributed by atoms with Crippen LogP contribution in [0, 0.1) is 0 Å². The molecule has 0 amide bonds. The number of hydrogen-bond donors (Lipinski definition) is 2. The fourth-order valence-electron chi connectivity index (χ4n) is 3.57. The Bertz CT molecular complexity index is 964. The van der Waals surface area contributed by atoms with E-state index in [4.69, 9.17) is 9.51 Å². The Morgan fingerprint density at radius 2 is 1.93 bits per heavy atom. The van der Waals surface area contributed by atoms with E-state index < -0.39 is 0 Å². The zero-order chi connectivity index (χ0) is 20.4. The molecule has 3 aromatic heterocycles. The van der Waals surface area contributed by atoms with Crippen LogP contribution in [0.3, 0.4) is 0 Å². The Balaban J connectivity index is 1.61. The molecule has 0 unspecified atom stereocenters. The Labute approximate surface area is 171 Å². The average molecular weight is 396 g/mol. The third-order valence-corrected chi connectivity index (χ3v) is 5.24. The first-order chi connectivity index (χ1) is 13.9. The van der Waals surface area contributed by atoms with E-state index in [1.807, 2.05) is 31.7 Å². The molecule has 0 aliphatic heterocycles. The smallest absolute Gasteiger partial charge is 0.230 e. The number of nitrogens with one attached hydrogen (secondary N) is 2. The third kappa shape index (κ3) is 4.58. The summed E-state index contributed by atoms with van der Waals surface area (Å²) < 4.78 is 7.24. The predicted molar refractivity (Wildman–Crippen MR) is 113 cm³/mol. The van der Waals surface area contributed by atoms with E-state index in [1.165, 1.54) is 19.3 Å². The van der Waals surface area contributed by atoms with Crippen molar-refractivity contribution in [2.24, 2.45) is 7.05 Å². The average Bonchev–Trinajstić information content (AvgIpc) is 3.32. The molecule has 3 aromatic rings. The highest BCUT2D eigenvalue weighted by Crippen LogP contribution is 2.30. The molecule has 1 aliphatic rings. The summed E-state index contributed by atoms with van der Waals surface area (Å²) in [6, 6.07) is 2.33. The minimum absolute atomic E-state index is 0.106. The lowest BCUT2D eigenvalue weighted by Crippen LogP contribution is -2.23. The molecule has 1 fully saturated rings. The molecule has 1 saturated carbocycles. The third-order valence-electron chi connectivity index (χ3n) is 5.24. The van der Waals surface area contributed by atoms with Crippen LogP contribution in [-0.4, -0.2) is 30.9 Å². The zero-order valence-electron chi connectivity index (χ0n) is 17.6. The van der Waals surface area contributed by atoms with Crippen LogP contribution in [0.25, 0.3) is 11.1 Å². The fourth-order valence-corrected chi connectivity index (χ4v) is 3.57. The van der Waals surface area contributed by atoms with Crippen molar-refractivity contribution in [1.29, 1.82) is 0 Å². The van der Waals surface area contributed by atoms with Gasteiger partial charge in [-0.2, -0.15) is 10.1 Å². The molecule has 2 N–H and O–H groups in total. The molecule has 29 heavy (non-hydrogen) atoms. The van der Waals surface area contributed by atoms with Crippen molar-refractivity contribution in [3.05, 3.63) is 30.4 Å². The number of nitrogens with zero attached hydrogens (tertiary/aromatic N) is 5. The molecule has 0 bridgehead atoms. The fraction of sp³-hybridized carbons (Fsp3) is 0.524. The molecule has 154 valence electrons. The zero-order valence-corrected chi connectivity index (χ0v) is 17.6. The van der Waals surface area contributed by atoms with Crippen LogP contribution in [0.5, 0.6) is 0 Å². The van der Waals surface area contributed by atoms with Gasteiger partial charge in [-0.25, -0.2) is 4.98 Å². The SMILES string of the molecule is Cn1cc(-c2cnc(Nc3cc(C(C)(C)C)on3)nc2NC2CCCCC2)cn1. The molecule has 0 spiro atoms. The molecule has 0 saturated heterocycles. The van der Waals surface area contributed by atoms with E-state index in [9.17, 15) is 0 Å². The van der Waals surface area contributed by atoms with Crippen LogP contribution in [-0.2, 0) is 12.5 Å². The summed E-state index contributed by atoms with van der Waals surface area (Å²) in [5, 5.41) is 15.2. The van der Waals surface area contributed by atoms with E-state index in [2.05, 4.69) is 46.6 Å². The van der Waals surface area contributed by atoms with Gasteiger partial charge in [-0.3, -0.25) is 4.68 Å². The van der Waals surface area contributed by atoms with Gasteiger partial charge in [0.05, 0.1) is 6.20 Å². The van der Waals surface area contributed by atoms with E-state index in [0.29, 0.717) is 17.8 Å². The van der Waals surface area contributed by atoms with Crippen molar-refractivity contribution in [2.45, 2.75) is 64.3 Å². The molecule has 4 rings (SSSR count). The van der Waals surface area contributed by atoms with Gasteiger partial charge in [-0.1, -0.05) is 45.2 Å². The summed E-state index contributed by atoms with van der Waals surface area (Å²) in [5.41, 5.74) is 1.84. The van der Waals surface area contributed by atoms with Crippen molar-refractivity contribution in [1.82, 2.24) is 24.9 Å². The molecule has 8 heteroatoms. The molecule has 0 atom stereocenters. The van der Waals surface area contributed by atoms with E-state index in [1.54, 1.807) is 4.68 Å². The van der Waals surface area contributed by atoms with Gasteiger partial charge in [0.15, 0.2) is 5.82 Å². The second-order valence-corrected chi connectivity index (χ2v) is 8.79. The number of anilines is 3. The minimum Gasteiger partial charge on any atom is -0.367 e. The normalized spacial score (nSPS) is 15.4. The first-order valence-electron chi connectivity index (χ1n) is 10.3.